The number of ether oxygens (including phenoxy) is 1. The van der Waals surface area contributed by atoms with Gasteiger partial charge in [-0.2, -0.15) is 0 Å². The van der Waals surface area contributed by atoms with E-state index in [2.05, 4.69) is 4.98 Å². The molecule has 1 aliphatic rings. The van der Waals surface area contributed by atoms with Gasteiger partial charge in [0.25, 0.3) is 5.91 Å². The number of carbonyl (C=O) groups is 1. The number of sulfonamides is 1. The molecular weight excluding hydrogens is 270 g/mol. The van der Waals surface area contributed by atoms with Gasteiger partial charge in [0.2, 0.25) is 10.0 Å². The van der Waals surface area contributed by atoms with Crippen LogP contribution in [-0.2, 0) is 14.8 Å². The van der Waals surface area contributed by atoms with Crippen LogP contribution in [0.3, 0.4) is 0 Å². The highest BCUT2D eigenvalue weighted by atomic mass is 32.2. The van der Waals surface area contributed by atoms with Gasteiger partial charge in [-0.05, 0) is 12.5 Å². The molecule has 1 amide bonds. The SMILES string of the molecule is COCC1CCN(C(=O)c2cc(S(N)(=O)=O)c[nH]2)C1. The minimum Gasteiger partial charge on any atom is -0.384 e. The van der Waals surface area contributed by atoms with Crippen molar-refractivity contribution < 1.29 is 17.9 Å². The van der Waals surface area contributed by atoms with Gasteiger partial charge in [0.05, 0.1) is 11.5 Å². The Kier molecular flexibility index (Phi) is 3.93. The highest BCUT2D eigenvalue weighted by molar-refractivity contribution is 7.89. The lowest BCUT2D eigenvalue weighted by Gasteiger charge is -2.15. The minimum atomic E-state index is -3.78. The second-order valence-electron chi connectivity index (χ2n) is 4.66. The largest absolute Gasteiger partial charge is 0.384 e. The summed E-state index contributed by atoms with van der Waals surface area (Å²) in [6.45, 7) is 1.89. The number of H-pyrrole nitrogens is 1. The number of amides is 1. The fourth-order valence-corrected chi connectivity index (χ4v) is 2.73. The van der Waals surface area contributed by atoms with Crippen LogP contribution in [0.5, 0.6) is 0 Å². The molecule has 1 fully saturated rings. The van der Waals surface area contributed by atoms with Gasteiger partial charge in [0, 0.05) is 32.3 Å². The van der Waals surface area contributed by atoms with E-state index >= 15 is 0 Å². The number of hydrogen-bond acceptors (Lipinski definition) is 4. The normalized spacial score (nSPS) is 19.9. The number of methoxy groups -OCH3 is 1. The molecule has 0 radical (unpaired) electrons. The van der Waals surface area contributed by atoms with Crippen LogP contribution in [0, 0.1) is 5.92 Å². The molecule has 0 aromatic carbocycles. The first kappa shape index (κ1) is 14.0. The highest BCUT2D eigenvalue weighted by Crippen LogP contribution is 2.19. The number of nitrogens with zero attached hydrogens (tertiary/aromatic N) is 1. The molecule has 3 N–H and O–H groups in total. The average Bonchev–Trinajstić information content (AvgIpc) is 2.96. The summed E-state index contributed by atoms with van der Waals surface area (Å²) in [5, 5.41) is 5.00. The van der Waals surface area contributed by atoms with Gasteiger partial charge >= 0.3 is 0 Å². The molecule has 8 heteroatoms. The third kappa shape index (κ3) is 3.14. The maximum Gasteiger partial charge on any atom is 0.270 e. The van der Waals surface area contributed by atoms with Gasteiger partial charge in [-0.1, -0.05) is 0 Å². The van der Waals surface area contributed by atoms with Crippen molar-refractivity contribution in [2.45, 2.75) is 11.3 Å². The Bertz CT molecular complexity index is 566. The summed E-state index contributed by atoms with van der Waals surface area (Å²) in [4.78, 5) is 16.4. The molecule has 0 spiro atoms. The number of aromatic amines is 1. The Morgan fingerprint density at radius 2 is 2.37 bits per heavy atom. The monoisotopic (exact) mass is 287 g/mol. The van der Waals surface area contributed by atoms with Crippen LogP contribution in [0.2, 0.25) is 0 Å². The van der Waals surface area contributed by atoms with Crippen molar-refractivity contribution in [2.75, 3.05) is 26.8 Å². The Labute approximate surface area is 111 Å². The highest BCUT2D eigenvalue weighted by Gasteiger charge is 2.28. The topological polar surface area (TPSA) is 105 Å². The predicted octanol–water partition coefficient (Wildman–Crippen LogP) is -0.229. The average molecular weight is 287 g/mol. The standard InChI is InChI=1S/C11H17N3O4S/c1-18-7-8-2-3-14(6-8)11(15)10-4-9(5-13-10)19(12,16)17/h4-5,8,13H,2-3,6-7H2,1H3,(H2,12,16,17). The summed E-state index contributed by atoms with van der Waals surface area (Å²) >= 11 is 0. The molecule has 1 aromatic heterocycles. The molecule has 2 heterocycles. The number of primary sulfonamides is 1. The summed E-state index contributed by atoms with van der Waals surface area (Å²) in [7, 11) is -2.15. The summed E-state index contributed by atoms with van der Waals surface area (Å²) in [6.07, 6.45) is 2.12. The molecule has 0 aliphatic carbocycles. The van der Waals surface area contributed by atoms with E-state index in [9.17, 15) is 13.2 Å². The van der Waals surface area contributed by atoms with Gasteiger partial charge in [-0.25, -0.2) is 13.6 Å². The molecule has 7 nitrogen and oxygen atoms in total. The Hall–Kier alpha value is -1.38. The first-order chi connectivity index (χ1) is 8.91. The van der Waals surface area contributed by atoms with Gasteiger partial charge in [-0.3, -0.25) is 4.79 Å². The molecule has 1 unspecified atom stereocenters. The third-order valence-electron chi connectivity index (χ3n) is 3.19. The number of hydrogen-bond donors (Lipinski definition) is 2. The molecule has 0 saturated carbocycles. The van der Waals surface area contributed by atoms with Crippen LogP contribution in [0.4, 0.5) is 0 Å². The minimum absolute atomic E-state index is 0.0801. The zero-order valence-corrected chi connectivity index (χ0v) is 11.4. The van der Waals surface area contributed by atoms with E-state index in [4.69, 9.17) is 9.88 Å². The number of nitrogens with two attached hydrogens (primary N) is 1. The lowest BCUT2D eigenvalue weighted by atomic mass is 10.1. The Balaban J connectivity index is 2.07. The number of nitrogens with one attached hydrogen (secondary N) is 1. The molecule has 1 saturated heterocycles. The van der Waals surface area contributed by atoms with E-state index in [0.29, 0.717) is 25.6 Å². The third-order valence-corrected chi connectivity index (χ3v) is 4.08. The zero-order valence-electron chi connectivity index (χ0n) is 10.6. The zero-order chi connectivity index (χ0) is 14.0. The Morgan fingerprint density at radius 3 is 2.95 bits per heavy atom. The van der Waals surface area contributed by atoms with Crippen LogP contribution >= 0.6 is 0 Å². The second kappa shape index (κ2) is 5.32. The van der Waals surface area contributed by atoms with Crippen LogP contribution in [0.15, 0.2) is 17.2 Å². The number of likely N-dealkylation sites (tertiary alicyclic amines) is 1. The van der Waals surface area contributed by atoms with Crippen molar-refractivity contribution in [1.29, 1.82) is 0 Å². The summed E-state index contributed by atoms with van der Waals surface area (Å²) < 4.78 is 27.4. The molecule has 1 aromatic rings. The maximum atomic E-state index is 12.2. The van der Waals surface area contributed by atoms with E-state index in [1.807, 2.05) is 0 Å². The second-order valence-corrected chi connectivity index (χ2v) is 6.22. The first-order valence-electron chi connectivity index (χ1n) is 5.91. The van der Waals surface area contributed by atoms with Crippen molar-refractivity contribution in [1.82, 2.24) is 9.88 Å². The van der Waals surface area contributed by atoms with E-state index < -0.39 is 10.0 Å². The van der Waals surface area contributed by atoms with Crippen molar-refractivity contribution in [2.24, 2.45) is 11.1 Å². The lowest BCUT2D eigenvalue weighted by molar-refractivity contribution is 0.0770. The van der Waals surface area contributed by atoms with Crippen LogP contribution in [0.1, 0.15) is 16.9 Å². The smallest absolute Gasteiger partial charge is 0.270 e. The summed E-state index contributed by atoms with van der Waals surface area (Å²) in [5.41, 5.74) is 0.238. The Morgan fingerprint density at radius 1 is 1.63 bits per heavy atom. The molecule has 2 rings (SSSR count). The van der Waals surface area contributed by atoms with Gasteiger partial charge < -0.3 is 14.6 Å². The van der Waals surface area contributed by atoms with Crippen LogP contribution in [-0.4, -0.2) is 51.0 Å². The fourth-order valence-electron chi connectivity index (χ4n) is 2.22. The van der Waals surface area contributed by atoms with Crippen molar-refractivity contribution >= 4 is 15.9 Å². The molecule has 19 heavy (non-hydrogen) atoms. The fraction of sp³-hybridized carbons (Fsp3) is 0.545. The number of aromatic nitrogens is 1. The molecule has 1 aliphatic heterocycles. The predicted molar refractivity (Wildman–Crippen MR) is 68.1 cm³/mol. The maximum absolute atomic E-state index is 12.2. The number of carbonyl (C=O) groups excluding carboxylic acids is 1. The van der Waals surface area contributed by atoms with Crippen molar-refractivity contribution in [3.63, 3.8) is 0 Å². The quantitative estimate of drug-likeness (QED) is 0.798. The number of rotatable bonds is 4. The van der Waals surface area contributed by atoms with E-state index in [1.54, 1.807) is 12.0 Å². The van der Waals surface area contributed by atoms with E-state index in [1.165, 1.54) is 12.3 Å². The van der Waals surface area contributed by atoms with Crippen LogP contribution in [0.25, 0.3) is 0 Å². The summed E-state index contributed by atoms with van der Waals surface area (Å²) in [6, 6.07) is 1.27. The first-order valence-corrected chi connectivity index (χ1v) is 7.46. The van der Waals surface area contributed by atoms with Gasteiger partial charge in [0.1, 0.15) is 5.69 Å². The van der Waals surface area contributed by atoms with Crippen molar-refractivity contribution in [3.05, 3.63) is 18.0 Å². The van der Waals surface area contributed by atoms with Crippen LogP contribution < -0.4 is 5.14 Å². The van der Waals surface area contributed by atoms with Gasteiger partial charge in [-0.15, -0.1) is 0 Å². The van der Waals surface area contributed by atoms with Gasteiger partial charge in [0.15, 0.2) is 0 Å². The molecular formula is C11H17N3O4S. The van der Waals surface area contributed by atoms with Crippen molar-refractivity contribution in [3.8, 4) is 0 Å². The van der Waals surface area contributed by atoms with E-state index in [0.717, 1.165) is 6.42 Å². The lowest BCUT2D eigenvalue weighted by Crippen LogP contribution is -2.29. The molecule has 106 valence electrons. The molecule has 0 bridgehead atoms. The van der Waals surface area contributed by atoms with E-state index in [-0.39, 0.29) is 16.5 Å². The summed E-state index contributed by atoms with van der Waals surface area (Å²) in [5.74, 6) is 0.120. The molecule has 1 atom stereocenters.